The minimum atomic E-state index is 0.0423. The number of nitrogens with one attached hydrogen (secondary N) is 3. The van der Waals surface area contributed by atoms with Gasteiger partial charge in [0.15, 0.2) is 6.54 Å². The Morgan fingerprint density at radius 2 is 1.69 bits per heavy atom. The number of quaternary nitrogens is 2. The number of carbonyl (C=O) groups is 1. The highest BCUT2D eigenvalue weighted by atomic mass is 16.2. The number of carbonyl (C=O) groups excluding carboxylic acids is 1. The van der Waals surface area contributed by atoms with Crippen LogP contribution in [0.3, 0.4) is 0 Å². The Morgan fingerprint density at radius 3 is 2.41 bits per heavy atom. The average Bonchev–Trinajstić information content (AvgIpc) is 3.16. The van der Waals surface area contributed by atoms with Crippen molar-refractivity contribution < 1.29 is 14.6 Å². The maximum atomic E-state index is 12.7. The Bertz CT molecular complexity index is 1050. The van der Waals surface area contributed by atoms with Crippen LogP contribution in [0.5, 0.6) is 0 Å². The third-order valence-electron chi connectivity index (χ3n) is 5.97. The zero-order valence-electron chi connectivity index (χ0n) is 19.0. The summed E-state index contributed by atoms with van der Waals surface area (Å²) in [5, 5.41) is 7.63. The fourth-order valence-electron chi connectivity index (χ4n) is 4.15. The van der Waals surface area contributed by atoms with E-state index in [0.717, 1.165) is 49.9 Å². The second-order valence-electron chi connectivity index (χ2n) is 8.66. The van der Waals surface area contributed by atoms with Crippen molar-refractivity contribution in [3.8, 4) is 5.69 Å². The second kappa shape index (κ2) is 10.4. The molecule has 1 amide bonds. The highest BCUT2D eigenvalue weighted by Gasteiger charge is 2.24. The number of piperazine rings is 1. The SMILES string of the molecule is Cc1ccc(-n2nc(C)cc2NC(=O)C[NH+]2CC[NH+](C/C=C/c3ccccc3)CC2)cc1. The summed E-state index contributed by atoms with van der Waals surface area (Å²) in [7, 11) is 0. The van der Waals surface area contributed by atoms with Crippen molar-refractivity contribution in [2.75, 3.05) is 44.6 Å². The number of aryl methyl sites for hydroxylation is 2. The van der Waals surface area contributed by atoms with Crippen LogP contribution in [0, 0.1) is 13.8 Å². The van der Waals surface area contributed by atoms with E-state index in [2.05, 4.69) is 65.9 Å². The predicted octanol–water partition coefficient (Wildman–Crippen LogP) is 0.924. The first-order valence-corrected chi connectivity index (χ1v) is 11.4. The van der Waals surface area contributed by atoms with E-state index < -0.39 is 0 Å². The van der Waals surface area contributed by atoms with Gasteiger partial charge in [-0.2, -0.15) is 5.10 Å². The highest BCUT2D eigenvalue weighted by Crippen LogP contribution is 2.17. The van der Waals surface area contributed by atoms with Crippen molar-refractivity contribution in [2.24, 2.45) is 0 Å². The maximum absolute atomic E-state index is 12.7. The van der Waals surface area contributed by atoms with Crippen LogP contribution in [0.15, 0.2) is 66.7 Å². The number of aromatic nitrogens is 2. The fourth-order valence-corrected chi connectivity index (χ4v) is 4.15. The number of anilines is 1. The normalized spacial score (nSPS) is 18.7. The predicted molar refractivity (Wildman–Crippen MR) is 128 cm³/mol. The van der Waals surface area contributed by atoms with E-state index >= 15 is 0 Å². The van der Waals surface area contributed by atoms with Crippen molar-refractivity contribution in [1.29, 1.82) is 0 Å². The van der Waals surface area contributed by atoms with Gasteiger partial charge in [0.1, 0.15) is 32.0 Å². The summed E-state index contributed by atoms with van der Waals surface area (Å²) in [5.74, 6) is 0.770. The van der Waals surface area contributed by atoms with Crippen LogP contribution >= 0.6 is 0 Å². The molecule has 0 saturated carbocycles. The molecule has 0 spiro atoms. The lowest BCUT2D eigenvalue weighted by molar-refractivity contribution is -1.01. The summed E-state index contributed by atoms with van der Waals surface area (Å²) in [6, 6.07) is 20.5. The summed E-state index contributed by atoms with van der Waals surface area (Å²) < 4.78 is 1.81. The molecular formula is C26H33N5O+2. The van der Waals surface area contributed by atoms with Gasteiger partial charge in [0.25, 0.3) is 5.91 Å². The molecule has 166 valence electrons. The number of nitrogens with zero attached hydrogens (tertiary/aromatic N) is 2. The van der Waals surface area contributed by atoms with Gasteiger partial charge >= 0.3 is 0 Å². The summed E-state index contributed by atoms with van der Waals surface area (Å²) in [4.78, 5) is 15.7. The molecule has 1 aromatic heterocycles. The number of amides is 1. The van der Waals surface area contributed by atoms with Crippen LogP contribution in [0.1, 0.15) is 16.8 Å². The number of hydrogen-bond acceptors (Lipinski definition) is 2. The molecule has 3 N–H and O–H groups in total. The minimum absolute atomic E-state index is 0.0423. The van der Waals surface area contributed by atoms with E-state index in [1.54, 1.807) is 4.90 Å². The first-order valence-electron chi connectivity index (χ1n) is 11.4. The molecule has 6 nitrogen and oxygen atoms in total. The second-order valence-corrected chi connectivity index (χ2v) is 8.66. The molecule has 32 heavy (non-hydrogen) atoms. The monoisotopic (exact) mass is 431 g/mol. The first kappa shape index (κ1) is 22.0. The molecule has 1 aliphatic heterocycles. The Morgan fingerprint density at radius 1 is 1.00 bits per heavy atom. The quantitative estimate of drug-likeness (QED) is 0.521. The Balaban J connectivity index is 1.26. The number of rotatable bonds is 7. The van der Waals surface area contributed by atoms with E-state index in [1.165, 1.54) is 16.0 Å². The van der Waals surface area contributed by atoms with Crippen molar-refractivity contribution >= 4 is 17.8 Å². The molecule has 0 unspecified atom stereocenters. The molecular weight excluding hydrogens is 398 g/mol. The highest BCUT2D eigenvalue weighted by molar-refractivity contribution is 5.91. The van der Waals surface area contributed by atoms with Gasteiger partial charge in [0.2, 0.25) is 0 Å². The topological polar surface area (TPSA) is 55.8 Å². The average molecular weight is 432 g/mol. The third kappa shape index (κ3) is 5.93. The van der Waals surface area contributed by atoms with E-state index in [4.69, 9.17) is 0 Å². The van der Waals surface area contributed by atoms with E-state index in [1.807, 2.05) is 35.9 Å². The van der Waals surface area contributed by atoms with Gasteiger partial charge in [0, 0.05) is 6.07 Å². The molecule has 0 atom stereocenters. The van der Waals surface area contributed by atoms with Gasteiger partial charge in [-0.3, -0.25) is 4.79 Å². The fraction of sp³-hybridized carbons (Fsp3) is 0.308. The van der Waals surface area contributed by atoms with Gasteiger partial charge in [-0.25, -0.2) is 4.68 Å². The van der Waals surface area contributed by atoms with Gasteiger partial charge < -0.3 is 15.1 Å². The van der Waals surface area contributed by atoms with Crippen molar-refractivity contribution in [1.82, 2.24) is 9.78 Å². The molecule has 1 saturated heterocycles. The molecule has 6 heteroatoms. The summed E-state index contributed by atoms with van der Waals surface area (Å²) in [6.07, 6.45) is 4.45. The first-order chi connectivity index (χ1) is 15.6. The Kier molecular flexibility index (Phi) is 7.14. The molecule has 1 fully saturated rings. The summed E-state index contributed by atoms with van der Waals surface area (Å²) in [6.45, 7) is 9.72. The standard InChI is InChI=1S/C26H31N5O/c1-21-10-12-24(13-11-21)31-25(19-22(2)28-31)27-26(32)20-30-17-15-29(16-18-30)14-6-9-23-7-4-3-5-8-23/h3-13,19H,14-18,20H2,1-2H3,(H,27,32)/p+2/b9-6+. The number of hydrogen-bond donors (Lipinski definition) is 3. The van der Waals surface area contributed by atoms with E-state index in [9.17, 15) is 4.79 Å². The van der Waals surface area contributed by atoms with Crippen LogP contribution in [0.25, 0.3) is 11.8 Å². The summed E-state index contributed by atoms with van der Waals surface area (Å²) >= 11 is 0. The molecule has 2 heterocycles. The van der Waals surface area contributed by atoms with E-state index in [-0.39, 0.29) is 5.91 Å². The van der Waals surface area contributed by atoms with Gasteiger partial charge in [-0.15, -0.1) is 0 Å². The molecule has 0 bridgehead atoms. The smallest absolute Gasteiger partial charge is 0.280 e. The van der Waals surface area contributed by atoms with Gasteiger partial charge in [-0.1, -0.05) is 54.1 Å². The van der Waals surface area contributed by atoms with Crippen LogP contribution < -0.4 is 15.1 Å². The van der Waals surface area contributed by atoms with Crippen molar-refractivity contribution in [3.63, 3.8) is 0 Å². The van der Waals surface area contributed by atoms with Crippen molar-refractivity contribution in [2.45, 2.75) is 13.8 Å². The molecule has 0 aliphatic carbocycles. The van der Waals surface area contributed by atoms with Gasteiger partial charge in [-0.05, 0) is 37.6 Å². The van der Waals surface area contributed by atoms with E-state index in [0.29, 0.717) is 6.54 Å². The lowest BCUT2D eigenvalue weighted by Gasteiger charge is -2.28. The third-order valence-corrected chi connectivity index (χ3v) is 5.97. The Hall–Kier alpha value is -3.22. The molecule has 4 rings (SSSR count). The van der Waals surface area contributed by atoms with Crippen LogP contribution in [-0.2, 0) is 4.79 Å². The maximum Gasteiger partial charge on any atom is 0.280 e. The zero-order valence-corrected chi connectivity index (χ0v) is 19.0. The molecule has 2 aromatic carbocycles. The Labute approximate surface area is 190 Å². The van der Waals surface area contributed by atoms with Gasteiger partial charge in [0.05, 0.1) is 17.9 Å². The van der Waals surface area contributed by atoms with Crippen LogP contribution in [0.4, 0.5) is 5.82 Å². The van der Waals surface area contributed by atoms with Crippen LogP contribution in [-0.4, -0.2) is 55.0 Å². The molecule has 0 radical (unpaired) electrons. The summed E-state index contributed by atoms with van der Waals surface area (Å²) in [5.41, 5.74) is 4.28. The van der Waals surface area contributed by atoms with Crippen LogP contribution in [0.2, 0.25) is 0 Å². The minimum Gasteiger partial charge on any atom is -0.322 e. The largest absolute Gasteiger partial charge is 0.322 e. The molecule has 3 aromatic rings. The lowest BCUT2D eigenvalue weighted by atomic mass is 10.2. The van der Waals surface area contributed by atoms with Crippen molar-refractivity contribution in [3.05, 3.63) is 83.6 Å². The number of benzene rings is 2. The lowest BCUT2D eigenvalue weighted by Crippen LogP contribution is -3.28. The zero-order chi connectivity index (χ0) is 22.3. The molecule has 1 aliphatic rings.